The van der Waals surface area contributed by atoms with E-state index in [9.17, 15) is 13.2 Å². The molecule has 3 aromatic rings. The Hall–Kier alpha value is -2.29. The Balaban J connectivity index is 1.24. The van der Waals surface area contributed by atoms with Gasteiger partial charge in [-0.25, -0.2) is 13.4 Å². The first-order valence-corrected chi connectivity index (χ1v) is 13.0. The van der Waals surface area contributed by atoms with Gasteiger partial charge < -0.3 is 4.90 Å². The van der Waals surface area contributed by atoms with Gasteiger partial charge in [-0.3, -0.25) is 4.79 Å². The number of aromatic nitrogens is 1. The number of fused-ring (bicyclic) bond motifs is 1. The molecule has 8 heteroatoms. The van der Waals surface area contributed by atoms with E-state index in [0.717, 1.165) is 36.2 Å². The average Bonchev–Trinajstić information content (AvgIpc) is 3.49. The van der Waals surface area contributed by atoms with Crippen LogP contribution in [0.2, 0.25) is 0 Å². The summed E-state index contributed by atoms with van der Waals surface area (Å²) in [6.45, 7) is 2.53. The van der Waals surface area contributed by atoms with Gasteiger partial charge in [0, 0.05) is 37.7 Å². The first-order chi connectivity index (χ1) is 15.0. The number of sulfonamides is 1. The van der Waals surface area contributed by atoms with Crippen LogP contribution in [-0.2, 0) is 10.0 Å². The van der Waals surface area contributed by atoms with Gasteiger partial charge in [0.2, 0.25) is 10.0 Å². The number of thiazole rings is 1. The summed E-state index contributed by atoms with van der Waals surface area (Å²) >= 11 is 1.75. The van der Waals surface area contributed by atoms with E-state index < -0.39 is 10.0 Å². The average molecular weight is 456 g/mol. The van der Waals surface area contributed by atoms with Crippen LogP contribution in [0.1, 0.15) is 47.0 Å². The van der Waals surface area contributed by atoms with E-state index in [0.29, 0.717) is 37.7 Å². The molecule has 2 aliphatic rings. The zero-order valence-electron chi connectivity index (χ0n) is 17.2. The summed E-state index contributed by atoms with van der Waals surface area (Å²) in [5.41, 5.74) is 1.59. The number of nitrogens with zero attached hydrogens (tertiary/aromatic N) is 3. The molecular weight excluding hydrogens is 430 g/mol. The van der Waals surface area contributed by atoms with Crippen LogP contribution in [-0.4, -0.2) is 54.7 Å². The summed E-state index contributed by atoms with van der Waals surface area (Å²) in [5.74, 6) is 0.349. The third-order valence-corrected chi connectivity index (χ3v) is 9.36. The molecule has 6 nitrogen and oxygen atoms in total. The minimum absolute atomic E-state index is 0.0344. The number of carbonyl (C=O) groups excluding carboxylic acids is 1. The molecule has 2 saturated heterocycles. The predicted molar refractivity (Wildman–Crippen MR) is 122 cm³/mol. The molecule has 0 unspecified atom stereocenters. The van der Waals surface area contributed by atoms with E-state index in [2.05, 4.69) is 6.07 Å². The maximum Gasteiger partial charge on any atom is 0.253 e. The Bertz CT molecular complexity index is 1160. The molecule has 2 aromatic carbocycles. The molecule has 0 aliphatic carbocycles. The number of piperidine rings is 1. The number of hydrogen-bond donors (Lipinski definition) is 0. The highest BCUT2D eigenvalue weighted by atomic mass is 32.2. The Morgan fingerprint density at radius 3 is 2.29 bits per heavy atom. The van der Waals surface area contributed by atoms with Gasteiger partial charge in [0.05, 0.1) is 20.1 Å². The quantitative estimate of drug-likeness (QED) is 0.594. The summed E-state index contributed by atoms with van der Waals surface area (Å²) in [5, 5.41) is 1.16. The van der Waals surface area contributed by atoms with E-state index >= 15 is 0 Å². The van der Waals surface area contributed by atoms with Crippen molar-refractivity contribution >= 4 is 37.5 Å². The molecule has 1 amide bonds. The van der Waals surface area contributed by atoms with Crippen molar-refractivity contribution in [1.82, 2.24) is 14.2 Å². The zero-order chi connectivity index (χ0) is 21.4. The van der Waals surface area contributed by atoms with Gasteiger partial charge in [0.1, 0.15) is 0 Å². The third-order valence-electron chi connectivity index (χ3n) is 6.25. The van der Waals surface area contributed by atoms with Crippen LogP contribution < -0.4 is 0 Å². The summed E-state index contributed by atoms with van der Waals surface area (Å²) in [7, 11) is -3.45. The van der Waals surface area contributed by atoms with Crippen molar-refractivity contribution in [1.29, 1.82) is 0 Å². The van der Waals surface area contributed by atoms with Crippen molar-refractivity contribution in [2.45, 2.75) is 36.5 Å². The molecule has 2 aliphatic heterocycles. The summed E-state index contributed by atoms with van der Waals surface area (Å²) in [4.78, 5) is 19.9. The summed E-state index contributed by atoms with van der Waals surface area (Å²) in [6.07, 6.45) is 3.60. The molecule has 0 radical (unpaired) electrons. The lowest BCUT2D eigenvalue weighted by Gasteiger charge is -2.31. The van der Waals surface area contributed by atoms with E-state index in [4.69, 9.17) is 4.98 Å². The smallest absolute Gasteiger partial charge is 0.253 e. The maximum atomic E-state index is 13.0. The Labute approximate surface area is 186 Å². The van der Waals surface area contributed by atoms with Crippen molar-refractivity contribution in [3.63, 3.8) is 0 Å². The molecule has 0 atom stereocenters. The SMILES string of the molecule is O=C(c1ccc(S(=O)(=O)N2CCCC2)cc1)N1CCC(c2nc3ccccc3s2)CC1. The summed E-state index contributed by atoms with van der Waals surface area (Å²) < 4.78 is 28.1. The number of hydrogen-bond acceptors (Lipinski definition) is 5. The minimum atomic E-state index is -3.45. The standard InChI is InChI=1S/C23H25N3O3S2/c27-23(18-7-9-19(10-8-18)31(28,29)26-13-3-4-14-26)25-15-11-17(12-16-25)22-24-20-5-1-2-6-21(20)30-22/h1-2,5-10,17H,3-4,11-16H2. The molecule has 1 aromatic heterocycles. The van der Waals surface area contributed by atoms with Crippen molar-refractivity contribution in [3.05, 3.63) is 59.1 Å². The Kier molecular flexibility index (Phi) is 5.54. The lowest BCUT2D eigenvalue weighted by atomic mass is 9.97. The highest BCUT2D eigenvalue weighted by molar-refractivity contribution is 7.89. The first-order valence-electron chi connectivity index (χ1n) is 10.8. The first kappa shape index (κ1) is 20.6. The monoisotopic (exact) mass is 455 g/mol. The Morgan fingerprint density at radius 2 is 1.61 bits per heavy atom. The minimum Gasteiger partial charge on any atom is -0.339 e. The number of carbonyl (C=O) groups is 1. The largest absolute Gasteiger partial charge is 0.339 e. The number of rotatable bonds is 4. The second-order valence-electron chi connectivity index (χ2n) is 8.22. The highest BCUT2D eigenvalue weighted by Gasteiger charge is 2.29. The van der Waals surface area contributed by atoms with E-state index in [1.54, 1.807) is 35.6 Å². The molecule has 0 N–H and O–H groups in total. The van der Waals surface area contributed by atoms with Gasteiger partial charge in [-0.1, -0.05) is 12.1 Å². The van der Waals surface area contributed by atoms with Crippen LogP contribution >= 0.6 is 11.3 Å². The van der Waals surface area contributed by atoms with Crippen LogP contribution in [0.4, 0.5) is 0 Å². The second kappa shape index (κ2) is 8.33. The number of likely N-dealkylation sites (tertiary alicyclic amines) is 1. The van der Waals surface area contributed by atoms with Gasteiger partial charge in [-0.05, 0) is 62.1 Å². The van der Waals surface area contributed by atoms with Gasteiger partial charge in [-0.2, -0.15) is 4.31 Å². The fourth-order valence-electron chi connectivity index (χ4n) is 4.42. The topological polar surface area (TPSA) is 70.6 Å². The second-order valence-corrected chi connectivity index (χ2v) is 11.2. The molecule has 162 valence electrons. The van der Waals surface area contributed by atoms with Gasteiger partial charge in [0.15, 0.2) is 0 Å². The molecule has 5 rings (SSSR count). The van der Waals surface area contributed by atoms with E-state index in [1.165, 1.54) is 9.01 Å². The normalized spacial score (nSPS) is 18.6. The molecule has 0 bridgehead atoms. The van der Waals surface area contributed by atoms with Crippen LogP contribution in [0.25, 0.3) is 10.2 Å². The van der Waals surface area contributed by atoms with Gasteiger partial charge in [-0.15, -0.1) is 11.3 Å². The van der Waals surface area contributed by atoms with Gasteiger partial charge >= 0.3 is 0 Å². The van der Waals surface area contributed by atoms with Crippen LogP contribution in [0, 0.1) is 0 Å². The van der Waals surface area contributed by atoms with Crippen molar-refractivity contribution in [3.8, 4) is 0 Å². The Morgan fingerprint density at radius 1 is 0.935 bits per heavy atom. The van der Waals surface area contributed by atoms with Crippen LogP contribution in [0.5, 0.6) is 0 Å². The maximum absolute atomic E-state index is 13.0. The van der Waals surface area contributed by atoms with E-state index in [-0.39, 0.29) is 10.8 Å². The van der Waals surface area contributed by atoms with E-state index in [1.807, 2.05) is 23.1 Å². The van der Waals surface area contributed by atoms with Crippen molar-refractivity contribution < 1.29 is 13.2 Å². The highest BCUT2D eigenvalue weighted by Crippen LogP contribution is 2.34. The van der Waals surface area contributed by atoms with Crippen molar-refractivity contribution in [2.75, 3.05) is 26.2 Å². The molecule has 0 saturated carbocycles. The molecule has 0 spiro atoms. The number of amides is 1. The molecular formula is C23H25N3O3S2. The number of benzene rings is 2. The fourth-order valence-corrected chi connectivity index (χ4v) is 7.08. The predicted octanol–water partition coefficient (Wildman–Crippen LogP) is 4.10. The lowest BCUT2D eigenvalue weighted by Crippen LogP contribution is -2.38. The molecule has 3 heterocycles. The summed E-state index contributed by atoms with van der Waals surface area (Å²) in [6, 6.07) is 14.6. The van der Waals surface area contributed by atoms with Gasteiger partial charge in [0.25, 0.3) is 5.91 Å². The van der Waals surface area contributed by atoms with Crippen molar-refractivity contribution in [2.24, 2.45) is 0 Å². The van der Waals surface area contributed by atoms with Crippen LogP contribution in [0.15, 0.2) is 53.4 Å². The fraction of sp³-hybridized carbons (Fsp3) is 0.391. The number of para-hydroxylation sites is 1. The lowest BCUT2D eigenvalue weighted by molar-refractivity contribution is 0.0713. The third kappa shape index (κ3) is 4.00. The molecule has 31 heavy (non-hydrogen) atoms. The van der Waals surface area contributed by atoms with Crippen LogP contribution in [0.3, 0.4) is 0 Å². The zero-order valence-corrected chi connectivity index (χ0v) is 18.9. The molecule has 2 fully saturated rings.